The molecule has 20 heavy (non-hydrogen) atoms. The monoisotopic (exact) mass is 281 g/mol. The van der Waals surface area contributed by atoms with E-state index < -0.39 is 0 Å². The number of ether oxygens (including phenoxy) is 2. The first kappa shape index (κ1) is 15.1. The van der Waals surface area contributed by atoms with Gasteiger partial charge in [-0.3, -0.25) is 0 Å². The maximum Gasteiger partial charge on any atom is 0.164 e. The van der Waals surface area contributed by atoms with Gasteiger partial charge in [0.15, 0.2) is 11.5 Å². The van der Waals surface area contributed by atoms with Crippen LogP contribution in [0.5, 0.6) is 11.5 Å². The highest BCUT2D eigenvalue weighted by atomic mass is 19.1. The third kappa shape index (κ3) is 3.85. The first-order valence-electron chi connectivity index (χ1n) is 7.36. The number of piperidine rings is 1. The summed E-state index contributed by atoms with van der Waals surface area (Å²) in [5.74, 6) is 0.879. The Kier molecular flexibility index (Phi) is 5.24. The lowest BCUT2D eigenvalue weighted by Gasteiger charge is -2.25. The first-order chi connectivity index (χ1) is 9.60. The highest BCUT2D eigenvalue weighted by molar-refractivity contribution is 5.47. The number of hydrogen-bond acceptors (Lipinski definition) is 3. The Balaban J connectivity index is 2.25. The third-order valence-corrected chi connectivity index (χ3v) is 3.55. The molecule has 1 aromatic carbocycles. The van der Waals surface area contributed by atoms with E-state index in [1.807, 2.05) is 13.8 Å². The van der Waals surface area contributed by atoms with Crippen LogP contribution in [0.2, 0.25) is 0 Å². The van der Waals surface area contributed by atoms with E-state index in [1.165, 1.54) is 18.9 Å². The summed E-state index contributed by atoms with van der Waals surface area (Å²) in [6.45, 7) is 4.97. The third-order valence-electron chi connectivity index (χ3n) is 3.55. The summed E-state index contributed by atoms with van der Waals surface area (Å²) >= 11 is 0. The molecule has 112 valence electrons. The van der Waals surface area contributed by atoms with Gasteiger partial charge in [-0.15, -0.1) is 0 Å². The van der Waals surface area contributed by atoms with E-state index in [4.69, 9.17) is 9.47 Å². The Hall–Kier alpha value is -1.29. The van der Waals surface area contributed by atoms with Gasteiger partial charge in [-0.05, 0) is 45.7 Å². The lowest BCUT2D eigenvalue weighted by atomic mass is 9.97. The Morgan fingerprint density at radius 2 is 2.15 bits per heavy atom. The van der Waals surface area contributed by atoms with E-state index in [9.17, 15) is 4.39 Å². The molecule has 0 aromatic heterocycles. The minimum absolute atomic E-state index is 0.0347. The average molecular weight is 281 g/mol. The van der Waals surface area contributed by atoms with Gasteiger partial charge in [-0.25, -0.2) is 4.39 Å². The lowest BCUT2D eigenvalue weighted by Crippen LogP contribution is -2.35. The standard InChI is InChI=1S/C16H24FNO2/c1-11(2)20-16-12(8-13(17)10-15(16)19-3)9-14-6-4-5-7-18-14/h8,10-11,14,18H,4-7,9H2,1-3H3. The van der Waals surface area contributed by atoms with Crippen molar-refractivity contribution in [1.82, 2.24) is 5.32 Å². The molecule has 1 aliphatic rings. The molecular weight excluding hydrogens is 257 g/mol. The van der Waals surface area contributed by atoms with Crippen molar-refractivity contribution in [3.05, 3.63) is 23.5 Å². The van der Waals surface area contributed by atoms with E-state index in [0.29, 0.717) is 17.5 Å². The van der Waals surface area contributed by atoms with Crippen LogP contribution in [-0.2, 0) is 6.42 Å². The predicted molar refractivity (Wildman–Crippen MR) is 78.1 cm³/mol. The Bertz CT molecular complexity index is 442. The van der Waals surface area contributed by atoms with Crippen molar-refractivity contribution in [3.8, 4) is 11.5 Å². The molecule has 1 N–H and O–H groups in total. The Morgan fingerprint density at radius 3 is 2.75 bits per heavy atom. The molecule has 0 saturated carbocycles. The van der Waals surface area contributed by atoms with Crippen molar-refractivity contribution < 1.29 is 13.9 Å². The molecule has 1 saturated heterocycles. The summed E-state index contributed by atoms with van der Waals surface area (Å²) in [4.78, 5) is 0. The fraction of sp³-hybridized carbons (Fsp3) is 0.625. The molecular formula is C16H24FNO2. The van der Waals surface area contributed by atoms with Crippen LogP contribution in [0.3, 0.4) is 0 Å². The van der Waals surface area contributed by atoms with Crippen molar-refractivity contribution in [2.24, 2.45) is 0 Å². The minimum Gasteiger partial charge on any atom is -0.493 e. The SMILES string of the molecule is COc1cc(F)cc(CC2CCCCN2)c1OC(C)C. The molecule has 0 aliphatic carbocycles. The molecule has 1 unspecified atom stereocenters. The molecule has 0 bridgehead atoms. The number of benzene rings is 1. The highest BCUT2D eigenvalue weighted by Crippen LogP contribution is 2.34. The zero-order chi connectivity index (χ0) is 14.5. The largest absolute Gasteiger partial charge is 0.493 e. The quantitative estimate of drug-likeness (QED) is 0.898. The second kappa shape index (κ2) is 6.93. The average Bonchev–Trinajstić information content (AvgIpc) is 2.42. The van der Waals surface area contributed by atoms with E-state index >= 15 is 0 Å². The summed E-state index contributed by atoms with van der Waals surface area (Å²) in [6.07, 6.45) is 4.38. The maximum atomic E-state index is 13.7. The van der Waals surface area contributed by atoms with Crippen LogP contribution in [0.1, 0.15) is 38.7 Å². The Labute approximate surface area is 120 Å². The summed E-state index contributed by atoms with van der Waals surface area (Å²) in [7, 11) is 1.55. The summed E-state index contributed by atoms with van der Waals surface area (Å²) in [5, 5.41) is 3.49. The minimum atomic E-state index is -0.274. The molecule has 0 amide bonds. The number of nitrogens with one attached hydrogen (secondary N) is 1. The van der Waals surface area contributed by atoms with Gasteiger partial charge in [-0.1, -0.05) is 6.42 Å². The fourth-order valence-electron chi connectivity index (χ4n) is 2.66. The van der Waals surface area contributed by atoms with Crippen molar-refractivity contribution >= 4 is 0 Å². The van der Waals surface area contributed by atoms with Gasteiger partial charge in [0, 0.05) is 17.7 Å². The molecule has 1 heterocycles. The molecule has 2 rings (SSSR count). The second-order valence-electron chi connectivity index (χ2n) is 5.61. The first-order valence-corrected chi connectivity index (χ1v) is 7.36. The molecule has 4 heteroatoms. The van der Waals surface area contributed by atoms with Gasteiger partial charge >= 0.3 is 0 Å². The predicted octanol–water partition coefficient (Wildman–Crippen LogP) is 3.31. The molecule has 3 nitrogen and oxygen atoms in total. The van der Waals surface area contributed by atoms with Crippen molar-refractivity contribution in [3.63, 3.8) is 0 Å². The maximum absolute atomic E-state index is 13.7. The van der Waals surface area contributed by atoms with Crippen LogP contribution in [0.15, 0.2) is 12.1 Å². The molecule has 0 radical (unpaired) electrons. The Morgan fingerprint density at radius 1 is 1.35 bits per heavy atom. The topological polar surface area (TPSA) is 30.5 Å². The van der Waals surface area contributed by atoms with E-state index in [2.05, 4.69) is 5.32 Å². The summed E-state index contributed by atoms with van der Waals surface area (Å²) in [5.41, 5.74) is 0.884. The second-order valence-corrected chi connectivity index (χ2v) is 5.61. The fourth-order valence-corrected chi connectivity index (χ4v) is 2.66. The van der Waals surface area contributed by atoms with Gasteiger partial charge < -0.3 is 14.8 Å². The molecule has 1 atom stereocenters. The highest BCUT2D eigenvalue weighted by Gasteiger charge is 2.20. The zero-order valence-electron chi connectivity index (χ0n) is 12.5. The van der Waals surface area contributed by atoms with Gasteiger partial charge in [0.25, 0.3) is 0 Å². The zero-order valence-corrected chi connectivity index (χ0v) is 12.5. The smallest absolute Gasteiger partial charge is 0.164 e. The lowest BCUT2D eigenvalue weighted by molar-refractivity contribution is 0.225. The number of methoxy groups -OCH3 is 1. The normalized spacial score (nSPS) is 19.1. The van der Waals surface area contributed by atoms with Crippen LogP contribution < -0.4 is 14.8 Å². The van der Waals surface area contributed by atoms with Crippen LogP contribution in [0, 0.1) is 5.82 Å². The van der Waals surface area contributed by atoms with E-state index in [1.54, 1.807) is 13.2 Å². The van der Waals surface area contributed by atoms with Gasteiger partial charge in [-0.2, -0.15) is 0 Å². The van der Waals surface area contributed by atoms with Crippen LogP contribution >= 0.6 is 0 Å². The molecule has 0 spiro atoms. The van der Waals surface area contributed by atoms with E-state index in [-0.39, 0.29) is 11.9 Å². The van der Waals surface area contributed by atoms with Gasteiger partial charge in [0.05, 0.1) is 13.2 Å². The molecule has 1 fully saturated rings. The number of rotatable bonds is 5. The summed E-state index contributed by atoms with van der Waals surface area (Å²) in [6, 6.07) is 3.34. The number of hydrogen-bond donors (Lipinski definition) is 1. The molecule has 1 aromatic rings. The van der Waals surface area contributed by atoms with Crippen molar-refractivity contribution in [2.75, 3.05) is 13.7 Å². The summed E-state index contributed by atoms with van der Waals surface area (Å²) < 4.78 is 24.8. The van der Waals surface area contributed by atoms with Crippen molar-refractivity contribution in [2.45, 2.75) is 51.7 Å². The van der Waals surface area contributed by atoms with Gasteiger partial charge in [0.2, 0.25) is 0 Å². The number of halogens is 1. The van der Waals surface area contributed by atoms with Crippen LogP contribution in [0.25, 0.3) is 0 Å². The van der Waals surface area contributed by atoms with E-state index in [0.717, 1.165) is 24.9 Å². The van der Waals surface area contributed by atoms with Crippen molar-refractivity contribution in [1.29, 1.82) is 0 Å². The van der Waals surface area contributed by atoms with Gasteiger partial charge in [0.1, 0.15) is 5.82 Å². The molecule has 1 aliphatic heterocycles. The van der Waals surface area contributed by atoms with Crippen LogP contribution in [0.4, 0.5) is 4.39 Å². The van der Waals surface area contributed by atoms with Crippen LogP contribution in [-0.4, -0.2) is 25.8 Å².